The molecule has 1 amide bonds. The number of amides is 1. The van der Waals surface area contributed by atoms with Gasteiger partial charge in [0.25, 0.3) is 5.91 Å². The third-order valence-corrected chi connectivity index (χ3v) is 6.11. The van der Waals surface area contributed by atoms with Gasteiger partial charge in [0, 0.05) is 25.4 Å². The fourth-order valence-electron chi connectivity index (χ4n) is 3.53. The molecule has 1 N–H and O–H groups in total. The van der Waals surface area contributed by atoms with Crippen LogP contribution in [0.15, 0.2) is 48.8 Å². The third-order valence-electron chi connectivity index (χ3n) is 5.25. The number of esters is 1. The number of carbonyl (C=O) groups excluding carboxylic acids is 2. The SMILES string of the molecule is CCOC(=O)CCN(C(=O)c1ccc2c(c1)nc(CNc1ncc(C#N)s1)n2C)c1ccccn1. The minimum atomic E-state index is -0.374. The van der Waals surface area contributed by atoms with Crippen LogP contribution in [0, 0.1) is 11.3 Å². The molecule has 0 aliphatic carbocycles. The number of imidazole rings is 1. The molecule has 0 spiro atoms. The summed E-state index contributed by atoms with van der Waals surface area (Å²) >= 11 is 1.27. The Kier molecular flexibility index (Phi) is 7.32. The average Bonchev–Trinajstić information content (AvgIpc) is 3.47. The van der Waals surface area contributed by atoms with Gasteiger partial charge in [-0.2, -0.15) is 5.26 Å². The fraction of sp³-hybridized carbons (Fsp3) is 0.250. The molecule has 0 saturated carbocycles. The van der Waals surface area contributed by atoms with Crippen molar-refractivity contribution in [2.45, 2.75) is 19.9 Å². The molecule has 0 saturated heterocycles. The van der Waals surface area contributed by atoms with Crippen LogP contribution in [-0.4, -0.2) is 44.5 Å². The molecule has 0 unspecified atom stereocenters. The molecule has 4 rings (SSSR count). The Balaban J connectivity index is 1.56. The van der Waals surface area contributed by atoms with E-state index in [1.807, 2.05) is 17.7 Å². The fourth-order valence-corrected chi connectivity index (χ4v) is 4.14. The number of hydrogen-bond donors (Lipinski definition) is 1. The number of aromatic nitrogens is 4. The summed E-state index contributed by atoms with van der Waals surface area (Å²) in [5, 5.41) is 12.8. The maximum absolute atomic E-state index is 13.4. The lowest BCUT2D eigenvalue weighted by Crippen LogP contribution is -2.34. The van der Waals surface area contributed by atoms with Crippen molar-refractivity contribution in [1.29, 1.82) is 5.26 Å². The van der Waals surface area contributed by atoms with Crippen molar-refractivity contribution in [2.75, 3.05) is 23.4 Å². The van der Waals surface area contributed by atoms with E-state index >= 15 is 0 Å². The molecule has 1 aromatic carbocycles. The summed E-state index contributed by atoms with van der Waals surface area (Å²) in [6.07, 6.45) is 3.18. The minimum absolute atomic E-state index is 0.0576. The van der Waals surface area contributed by atoms with E-state index < -0.39 is 0 Å². The second-order valence-electron chi connectivity index (χ2n) is 7.49. The second kappa shape index (κ2) is 10.8. The molecule has 178 valence electrons. The zero-order valence-corrected chi connectivity index (χ0v) is 20.1. The van der Waals surface area contributed by atoms with E-state index in [-0.39, 0.29) is 31.4 Å². The van der Waals surface area contributed by atoms with Crippen LogP contribution in [-0.2, 0) is 23.1 Å². The van der Waals surface area contributed by atoms with Crippen LogP contribution in [0.2, 0.25) is 0 Å². The van der Waals surface area contributed by atoms with E-state index in [2.05, 4.69) is 26.3 Å². The van der Waals surface area contributed by atoms with E-state index in [9.17, 15) is 9.59 Å². The van der Waals surface area contributed by atoms with Gasteiger partial charge < -0.3 is 14.6 Å². The van der Waals surface area contributed by atoms with E-state index in [0.29, 0.717) is 33.5 Å². The first-order valence-electron chi connectivity index (χ1n) is 10.9. The van der Waals surface area contributed by atoms with E-state index in [0.717, 1.165) is 11.3 Å². The highest BCUT2D eigenvalue weighted by Crippen LogP contribution is 2.22. The molecule has 3 aromatic heterocycles. The van der Waals surface area contributed by atoms with Gasteiger partial charge in [-0.1, -0.05) is 17.4 Å². The van der Waals surface area contributed by atoms with E-state index in [1.165, 1.54) is 22.4 Å². The van der Waals surface area contributed by atoms with Gasteiger partial charge >= 0.3 is 5.97 Å². The molecule has 35 heavy (non-hydrogen) atoms. The second-order valence-corrected chi connectivity index (χ2v) is 8.52. The number of nitriles is 1. The van der Waals surface area contributed by atoms with Gasteiger partial charge in [0.05, 0.1) is 36.8 Å². The quantitative estimate of drug-likeness (QED) is 0.354. The molecule has 0 radical (unpaired) electrons. The van der Waals surface area contributed by atoms with E-state index in [1.54, 1.807) is 43.5 Å². The molecule has 10 nitrogen and oxygen atoms in total. The Labute approximate surface area is 205 Å². The maximum atomic E-state index is 13.4. The van der Waals surface area contributed by atoms with Gasteiger partial charge in [0.2, 0.25) is 0 Å². The van der Waals surface area contributed by atoms with Crippen molar-refractivity contribution in [3.05, 3.63) is 65.1 Å². The lowest BCUT2D eigenvalue weighted by Gasteiger charge is -2.21. The Morgan fingerprint density at radius 1 is 1.26 bits per heavy atom. The topological polar surface area (TPSA) is 126 Å². The molecule has 3 heterocycles. The Morgan fingerprint density at radius 3 is 2.83 bits per heavy atom. The van der Waals surface area contributed by atoms with Crippen LogP contribution < -0.4 is 10.2 Å². The van der Waals surface area contributed by atoms with Crippen molar-refractivity contribution in [3.8, 4) is 6.07 Å². The monoisotopic (exact) mass is 489 g/mol. The van der Waals surface area contributed by atoms with Crippen LogP contribution in [0.4, 0.5) is 10.9 Å². The first-order chi connectivity index (χ1) is 17.0. The van der Waals surface area contributed by atoms with Crippen molar-refractivity contribution < 1.29 is 14.3 Å². The highest BCUT2D eigenvalue weighted by atomic mass is 32.1. The normalized spacial score (nSPS) is 10.7. The lowest BCUT2D eigenvalue weighted by molar-refractivity contribution is -0.142. The van der Waals surface area contributed by atoms with Gasteiger partial charge in [-0.3, -0.25) is 14.5 Å². The summed E-state index contributed by atoms with van der Waals surface area (Å²) in [5.41, 5.74) is 1.97. The molecule has 0 aliphatic heterocycles. The number of carbonyl (C=O) groups is 2. The highest BCUT2D eigenvalue weighted by Gasteiger charge is 2.21. The van der Waals surface area contributed by atoms with Crippen molar-refractivity contribution in [3.63, 3.8) is 0 Å². The average molecular weight is 490 g/mol. The highest BCUT2D eigenvalue weighted by molar-refractivity contribution is 7.16. The number of benzene rings is 1. The predicted octanol–water partition coefficient (Wildman–Crippen LogP) is 3.51. The number of fused-ring (bicyclic) bond motifs is 1. The maximum Gasteiger partial charge on any atom is 0.307 e. The summed E-state index contributed by atoms with van der Waals surface area (Å²) in [7, 11) is 1.90. The van der Waals surface area contributed by atoms with Gasteiger partial charge in [-0.25, -0.2) is 15.0 Å². The molecular formula is C24H23N7O3S. The summed E-state index contributed by atoms with van der Waals surface area (Å²) in [4.78, 5) is 40.5. The first kappa shape index (κ1) is 23.8. The smallest absolute Gasteiger partial charge is 0.307 e. The zero-order chi connectivity index (χ0) is 24.8. The van der Waals surface area contributed by atoms with E-state index in [4.69, 9.17) is 10.00 Å². The van der Waals surface area contributed by atoms with Crippen molar-refractivity contribution in [2.24, 2.45) is 7.05 Å². The number of nitrogens with one attached hydrogen (secondary N) is 1. The van der Waals surface area contributed by atoms with Crippen LogP contribution in [0.5, 0.6) is 0 Å². The third kappa shape index (κ3) is 5.44. The zero-order valence-electron chi connectivity index (χ0n) is 19.3. The molecule has 0 bridgehead atoms. The molecule has 11 heteroatoms. The van der Waals surface area contributed by atoms with Gasteiger partial charge in [-0.05, 0) is 37.3 Å². The van der Waals surface area contributed by atoms with Gasteiger partial charge in [0.15, 0.2) is 5.13 Å². The molecule has 0 aliphatic rings. The lowest BCUT2D eigenvalue weighted by atomic mass is 10.1. The number of ether oxygens (including phenoxy) is 1. The molecule has 0 fully saturated rings. The summed E-state index contributed by atoms with van der Waals surface area (Å²) in [6.45, 7) is 2.58. The number of pyridine rings is 1. The number of anilines is 2. The van der Waals surface area contributed by atoms with Crippen LogP contribution in [0.1, 0.15) is 34.4 Å². The number of thiazole rings is 1. The molecule has 4 aromatic rings. The van der Waals surface area contributed by atoms with Crippen LogP contribution in [0.25, 0.3) is 11.0 Å². The largest absolute Gasteiger partial charge is 0.466 e. The number of hydrogen-bond acceptors (Lipinski definition) is 9. The van der Waals surface area contributed by atoms with Gasteiger partial charge in [0.1, 0.15) is 22.6 Å². The van der Waals surface area contributed by atoms with Crippen LogP contribution in [0.3, 0.4) is 0 Å². The van der Waals surface area contributed by atoms with Gasteiger partial charge in [-0.15, -0.1) is 0 Å². The summed E-state index contributed by atoms with van der Waals surface area (Å²) in [6, 6.07) is 12.7. The van der Waals surface area contributed by atoms with Crippen LogP contribution >= 0.6 is 11.3 Å². The minimum Gasteiger partial charge on any atom is -0.466 e. The standard InChI is InChI=1S/C24H23N7O3S/c1-3-34-22(32)9-11-31(20-6-4-5-10-26-20)23(33)16-7-8-19-18(12-16)29-21(30(19)2)15-28-24-27-14-17(13-25)35-24/h4-8,10,12,14H,3,9,11,15H2,1-2H3,(H,27,28). The molecule has 0 atom stereocenters. The first-order valence-corrected chi connectivity index (χ1v) is 11.8. The Morgan fingerprint density at radius 2 is 2.11 bits per heavy atom. The predicted molar refractivity (Wildman–Crippen MR) is 132 cm³/mol. The Bertz CT molecular complexity index is 1390. The van der Waals surface area contributed by atoms with Crippen molar-refractivity contribution >= 4 is 45.2 Å². The summed E-state index contributed by atoms with van der Waals surface area (Å²) < 4.78 is 6.95. The Hall–Kier alpha value is -4.30. The number of aryl methyl sites for hydroxylation is 1. The number of nitrogens with zero attached hydrogens (tertiary/aromatic N) is 6. The van der Waals surface area contributed by atoms with Crippen molar-refractivity contribution in [1.82, 2.24) is 19.5 Å². The summed E-state index contributed by atoms with van der Waals surface area (Å²) in [5.74, 6) is 0.544. The molecular weight excluding hydrogens is 466 g/mol. The number of rotatable bonds is 9.